The van der Waals surface area contributed by atoms with Crippen LogP contribution in [-0.4, -0.2) is 24.3 Å². The zero-order valence-corrected chi connectivity index (χ0v) is 12.9. The van der Waals surface area contributed by atoms with Crippen LogP contribution in [0.25, 0.3) is 0 Å². The third-order valence-corrected chi connectivity index (χ3v) is 2.88. The lowest BCUT2D eigenvalue weighted by Crippen LogP contribution is -2.22. The number of carbonyl (C=O) groups is 3. The van der Waals surface area contributed by atoms with E-state index in [1.54, 1.807) is 0 Å². The van der Waals surface area contributed by atoms with Crippen LogP contribution in [0.3, 0.4) is 0 Å². The fraction of sp³-hybridized carbons (Fsp3) is 0.312. The van der Waals surface area contributed by atoms with E-state index in [1.165, 1.54) is 12.1 Å². The molecular formula is C16H20FN3O3. The number of amides is 3. The second-order valence-electron chi connectivity index (χ2n) is 4.74. The minimum absolute atomic E-state index is 0.0463. The molecule has 0 radical (unpaired) electrons. The third kappa shape index (κ3) is 6.73. The van der Waals surface area contributed by atoms with Gasteiger partial charge in [0.25, 0.3) is 0 Å². The summed E-state index contributed by atoms with van der Waals surface area (Å²) in [6, 6.07) is 3.85. The second kappa shape index (κ2) is 9.34. The molecule has 1 aromatic carbocycles. The maximum absolute atomic E-state index is 13.6. The Morgan fingerprint density at radius 3 is 2.52 bits per heavy atom. The van der Waals surface area contributed by atoms with Crippen molar-refractivity contribution < 1.29 is 18.8 Å². The molecule has 7 heteroatoms. The molecule has 0 spiro atoms. The van der Waals surface area contributed by atoms with Gasteiger partial charge in [-0.25, -0.2) is 4.39 Å². The molecule has 3 amide bonds. The molecule has 0 unspecified atom stereocenters. The Bertz CT molecular complexity index is 602. The molecule has 0 aliphatic heterocycles. The summed E-state index contributed by atoms with van der Waals surface area (Å²) in [7, 11) is 0. The number of carbonyl (C=O) groups excluding carboxylic acids is 3. The molecular weight excluding hydrogens is 301 g/mol. The first-order chi connectivity index (χ1) is 11.0. The molecule has 0 aliphatic carbocycles. The minimum Gasteiger partial charge on any atom is -0.356 e. The van der Waals surface area contributed by atoms with Gasteiger partial charge < -0.3 is 16.0 Å². The minimum atomic E-state index is -0.616. The van der Waals surface area contributed by atoms with Crippen LogP contribution in [0.2, 0.25) is 0 Å². The molecule has 1 aromatic rings. The van der Waals surface area contributed by atoms with Crippen molar-refractivity contribution in [2.75, 3.05) is 17.2 Å². The molecule has 0 aliphatic rings. The molecule has 0 atom stereocenters. The van der Waals surface area contributed by atoms with Crippen LogP contribution in [-0.2, 0) is 14.4 Å². The Morgan fingerprint density at radius 1 is 1.17 bits per heavy atom. The summed E-state index contributed by atoms with van der Waals surface area (Å²) < 4.78 is 13.6. The molecule has 3 N–H and O–H groups in total. The van der Waals surface area contributed by atoms with Crippen molar-refractivity contribution in [3.8, 4) is 0 Å². The van der Waals surface area contributed by atoms with E-state index in [0.29, 0.717) is 18.7 Å². The van der Waals surface area contributed by atoms with Gasteiger partial charge >= 0.3 is 0 Å². The van der Waals surface area contributed by atoms with Gasteiger partial charge in [-0.15, -0.1) is 0 Å². The molecule has 0 heterocycles. The number of rotatable bonds is 8. The normalized spacial score (nSPS) is 9.83. The number of benzene rings is 1. The smallest absolute Gasteiger partial charge is 0.247 e. The largest absolute Gasteiger partial charge is 0.356 e. The number of hydrogen-bond donors (Lipinski definition) is 3. The summed E-state index contributed by atoms with van der Waals surface area (Å²) in [5, 5.41) is 7.55. The van der Waals surface area contributed by atoms with Gasteiger partial charge in [-0.3, -0.25) is 14.4 Å². The van der Waals surface area contributed by atoms with E-state index in [0.717, 1.165) is 12.1 Å². The van der Waals surface area contributed by atoms with Crippen LogP contribution in [0.4, 0.5) is 15.8 Å². The quantitative estimate of drug-likeness (QED) is 0.641. The lowest BCUT2D eigenvalue weighted by molar-refractivity contribution is -0.121. The molecule has 23 heavy (non-hydrogen) atoms. The lowest BCUT2D eigenvalue weighted by atomic mass is 10.2. The van der Waals surface area contributed by atoms with E-state index < -0.39 is 11.7 Å². The molecule has 0 saturated heterocycles. The standard InChI is InChI=1S/C16H20FN3O3/c1-3-14(21)20-13-10-11(8-9-12(13)17)19-16(23)7-5-6-15(22)18-4-2/h3,8-10H,1,4-7H2,2H3,(H,18,22)(H,19,23)(H,20,21). The predicted octanol–water partition coefficient (Wildman–Crippen LogP) is 2.20. The maximum Gasteiger partial charge on any atom is 0.247 e. The molecule has 6 nitrogen and oxygen atoms in total. The van der Waals surface area contributed by atoms with Crippen LogP contribution in [0.15, 0.2) is 30.9 Å². The number of nitrogens with one attached hydrogen (secondary N) is 3. The molecule has 124 valence electrons. The Kier molecular flexibility index (Phi) is 7.45. The van der Waals surface area contributed by atoms with Crippen LogP contribution in [0.1, 0.15) is 26.2 Å². The zero-order chi connectivity index (χ0) is 17.2. The number of anilines is 2. The average Bonchev–Trinajstić information content (AvgIpc) is 2.50. The van der Waals surface area contributed by atoms with Gasteiger partial charge in [0.1, 0.15) is 5.82 Å². The summed E-state index contributed by atoms with van der Waals surface area (Å²) in [4.78, 5) is 34.3. The second-order valence-corrected chi connectivity index (χ2v) is 4.74. The van der Waals surface area contributed by atoms with Crippen molar-refractivity contribution >= 4 is 29.1 Å². The maximum atomic E-state index is 13.6. The van der Waals surface area contributed by atoms with Crippen molar-refractivity contribution in [1.29, 1.82) is 0 Å². The van der Waals surface area contributed by atoms with E-state index >= 15 is 0 Å². The number of halogens is 1. The summed E-state index contributed by atoms with van der Waals surface area (Å²) in [6.45, 7) is 5.66. The summed E-state index contributed by atoms with van der Waals surface area (Å²) in [5.41, 5.74) is 0.309. The Balaban J connectivity index is 2.54. The van der Waals surface area contributed by atoms with Crippen LogP contribution in [0, 0.1) is 5.82 Å². The number of hydrogen-bond acceptors (Lipinski definition) is 3. The van der Waals surface area contributed by atoms with Gasteiger partial charge in [-0.1, -0.05) is 6.58 Å². The summed E-state index contributed by atoms with van der Waals surface area (Å²) in [5.74, 6) is -1.55. The highest BCUT2D eigenvalue weighted by atomic mass is 19.1. The Labute approximate surface area is 134 Å². The fourth-order valence-electron chi connectivity index (χ4n) is 1.80. The van der Waals surface area contributed by atoms with Gasteiger partial charge in [0.15, 0.2) is 0 Å². The van der Waals surface area contributed by atoms with Crippen LogP contribution in [0.5, 0.6) is 0 Å². The summed E-state index contributed by atoms with van der Waals surface area (Å²) in [6.07, 6.45) is 1.87. The molecule has 1 rings (SSSR count). The highest BCUT2D eigenvalue weighted by molar-refractivity contribution is 5.99. The zero-order valence-electron chi connectivity index (χ0n) is 12.9. The fourth-order valence-corrected chi connectivity index (χ4v) is 1.80. The van der Waals surface area contributed by atoms with E-state index in [9.17, 15) is 18.8 Å². The Morgan fingerprint density at radius 2 is 1.87 bits per heavy atom. The molecule has 0 saturated carbocycles. The first-order valence-electron chi connectivity index (χ1n) is 7.25. The SMILES string of the molecule is C=CC(=O)Nc1cc(NC(=O)CCCC(=O)NCC)ccc1F. The van der Waals surface area contributed by atoms with Crippen molar-refractivity contribution in [3.05, 3.63) is 36.7 Å². The highest BCUT2D eigenvalue weighted by Crippen LogP contribution is 2.20. The summed E-state index contributed by atoms with van der Waals surface area (Å²) >= 11 is 0. The van der Waals surface area contributed by atoms with E-state index in [4.69, 9.17) is 0 Å². The third-order valence-electron chi connectivity index (χ3n) is 2.88. The highest BCUT2D eigenvalue weighted by Gasteiger charge is 2.09. The topological polar surface area (TPSA) is 87.3 Å². The van der Waals surface area contributed by atoms with Gasteiger partial charge in [-0.05, 0) is 37.6 Å². The van der Waals surface area contributed by atoms with E-state index in [-0.39, 0.29) is 30.3 Å². The van der Waals surface area contributed by atoms with Crippen molar-refractivity contribution in [3.63, 3.8) is 0 Å². The van der Waals surface area contributed by atoms with Gasteiger partial charge in [-0.2, -0.15) is 0 Å². The first-order valence-corrected chi connectivity index (χ1v) is 7.25. The predicted molar refractivity (Wildman–Crippen MR) is 86.4 cm³/mol. The van der Waals surface area contributed by atoms with Gasteiger partial charge in [0, 0.05) is 25.1 Å². The van der Waals surface area contributed by atoms with Gasteiger partial charge in [0.2, 0.25) is 17.7 Å². The monoisotopic (exact) mass is 321 g/mol. The van der Waals surface area contributed by atoms with E-state index in [2.05, 4.69) is 22.5 Å². The van der Waals surface area contributed by atoms with Gasteiger partial charge in [0.05, 0.1) is 5.69 Å². The average molecular weight is 321 g/mol. The van der Waals surface area contributed by atoms with Crippen molar-refractivity contribution in [2.45, 2.75) is 26.2 Å². The Hall–Kier alpha value is -2.70. The molecule has 0 bridgehead atoms. The first kappa shape index (κ1) is 18.3. The van der Waals surface area contributed by atoms with Crippen LogP contribution < -0.4 is 16.0 Å². The van der Waals surface area contributed by atoms with E-state index in [1.807, 2.05) is 6.92 Å². The molecule has 0 fully saturated rings. The van der Waals surface area contributed by atoms with Crippen LogP contribution >= 0.6 is 0 Å². The van der Waals surface area contributed by atoms with Crippen molar-refractivity contribution in [1.82, 2.24) is 5.32 Å². The molecule has 0 aromatic heterocycles. The van der Waals surface area contributed by atoms with Crippen molar-refractivity contribution in [2.24, 2.45) is 0 Å². The lowest BCUT2D eigenvalue weighted by Gasteiger charge is -2.09.